The van der Waals surface area contributed by atoms with E-state index < -0.39 is 5.60 Å². The molecule has 3 aliphatic rings. The third-order valence-corrected chi connectivity index (χ3v) is 8.71. The molecule has 7 heteroatoms. The predicted molar refractivity (Wildman–Crippen MR) is 143 cm³/mol. The maximum Gasteiger partial charge on any atom is 0.264 e. The second-order valence-electron chi connectivity index (χ2n) is 10.9. The molecule has 1 N–H and O–H groups in total. The standard InChI is InChI=1S/C30H36N2O5/c1-6-15-32-24-12-9-21(31-16-13-26(31)34)18-23(24)30(28(32)35)19(2)27(25(37-30)14-17-33)29(3,4)20-7-10-22(36-5)11-8-20/h6-12,18-19,25,27,33H,1,13-17H2,2-5H3/t19-,25+,27-,30+/m1/s1. The number of hydrogen-bond acceptors (Lipinski definition) is 5. The van der Waals surface area contributed by atoms with Crippen LogP contribution in [0.4, 0.5) is 11.4 Å². The maximum absolute atomic E-state index is 14.3. The van der Waals surface area contributed by atoms with Crippen molar-refractivity contribution in [2.75, 3.05) is 36.6 Å². The van der Waals surface area contributed by atoms with Gasteiger partial charge in [0.1, 0.15) is 5.75 Å². The Hall–Kier alpha value is -3.16. The highest BCUT2D eigenvalue weighted by Gasteiger charge is 2.65. The summed E-state index contributed by atoms with van der Waals surface area (Å²) in [6.45, 7) is 11.3. The molecule has 7 nitrogen and oxygen atoms in total. The molecular weight excluding hydrogens is 468 g/mol. The van der Waals surface area contributed by atoms with Gasteiger partial charge in [-0.2, -0.15) is 0 Å². The number of rotatable bonds is 8. The molecule has 3 heterocycles. The van der Waals surface area contributed by atoms with Crippen LogP contribution >= 0.6 is 0 Å². The molecule has 37 heavy (non-hydrogen) atoms. The molecule has 0 unspecified atom stereocenters. The summed E-state index contributed by atoms with van der Waals surface area (Å²) >= 11 is 0. The Morgan fingerprint density at radius 2 is 1.95 bits per heavy atom. The molecule has 0 radical (unpaired) electrons. The van der Waals surface area contributed by atoms with Crippen molar-refractivity contribution in [2.45, 2.75) is 50.7 Å². The number of methoxy groups -OCH3 is 1. The van der Waals surface area contributed by atoms with Crippen LogP contribution in [0, 0.1) is 11.8 Å². The van der Waals surface area contributed by atoms with Gasteiger partial charge in [0.2, 0.25) is 5.91 Å². The van der Waals surface area contributed by atoms with Crippen molar-refractivity contribution in [3.63, 3.8) is 0 Å². The number of carbonyl (C=O) groups excluding carboxylic acids is 2. The van der Waals surface area contributed by atoms with Gasteiger partial charge in [-0.25, -0.2) is 0 Å². The summed E-state index contributed by atoms with van der Waals surface area (Å²) in [4.78, 5) is 30.0. The fourth-order valence-electron chi connectivity index (χ4n) is 6.76. The Bertz CT molecular complexity index is 1220. The Labute approximate surface area is 218 Å². The zero-order valence-corrected chi connectivity index (χ0v) is 22.1. The molecule has 5 rings (SSSR count). The number of aliphatic hydroxyl groups excluding tert-OH is 1. The van der Waals surface area contributed by atoms with Crippen LogP contribution in [0.5, 0.6) is 5.75 Å². The van der Waals surface area contributed by atoms with Gasteiger partial charge in [-0.3, -0.25) is 9.59 Å². The van der Waals surface area contributed by atoms with E-state index in [9.17, 15) is 14.7 Å². The summed E-state index contributed by atoms with van der Waals surface area (Å²) in [6.07, 6.45) is 2.33. The van der Waals surface area contributed by atoms with Gasteiger partial charge >= 0.3 is 0 Å². The molecule has 0 aliphatic carbocycles. The quantitative estimate of drug-likeness (QED) is 0.431. The first-order chi connectivity index (χ1) is 17.7. The molecule has 2 aromatic rings. The van der Waals surface area contributed by atoms with Crippen molar-refractivity contribution >= 4 is 23.2 Å². The van der Waals surface area contributed by atoms with E-state index in [4.69, 9.17) is 9.47 Å². The molecule has 2 amide bonds. The molecule has 4 atom stereocenters. The van der Waals surface area contributed by atoms with Crippen molar-refractivity contribution < 1.29 is 24.2 Å². The van der Waals surface area contributed by atoms with Gasteiger partial charge in [-0.1, -0.05) is 39.0 Å². The second kappa shape index (κ2) is 9.30. The van der Waals surface area contributed by atoms with E-state index in [-0.39, 0.29) is 41.8 Å². The van der Waals surface area contributed by atoms with Crippen molar-refractivity contribution in [1.29, 1.82) is 0 Å². The third kappa shape index (κ3) is 3.70. The molecule has 3 aliphatic heterocycles. The molecule has 0 saturated carbocycles. The molecule has 2 aromatic carbocycles. The topological polar surface area (TPSA) is 79.3 Å². The highest BCUT2D eigenvalue weighted by molar-refractivity contribution is 6.09. The lowest BCUT2D eigenvalue weighted by molar-refractivity contribution is -0.146. The Morgan fingerprint density at radius 3 is 2.51 bits per heavy atom. The zero-order valence-electron chi connectivity index (χ0n) is 22.1. The van der Waals surface area contributed by atoms with Crippen LogP contribution in [0.25, 0.3) is 0 Å². The van der Waals surface area contributed by atoms with Gasteiger partial charge < -0.3 is 24.4 Å². The highest BCUT2D eigenvalue weighted by Crippen LogP contribution is 2.60. The number of benzene rings is 2. The number of amides is 2. The van der Waals surface area contributed by atoms with Crippen LogP contribution in [0.3, 0.4) is 0 Å². The minimum absolute atomic E-state index is 0.0393. The lowest BCUT2D eigenvalue weighted by atomic mass is 9.63. The van der Waals surface area contributed by atoms with Gasteiger partial charge in [-0.15, -0.1) is 6.58 Å². The van der Waals surface area contributed by atoms with E-state index in [0.717, 1.165) is 28.3 Å². The number of aliphatic hydroxyl groups is 1. The Kier molecular flexibility index (Phi) is 6.40. The SMILES string of the molecule is C=CCN1C(=O)[C@@]2(O[C@@H](CCO)[C@H](C(C)(C)c3ccc(OC)cc3)[C@H]2C)c2cc(N3CCC3=O)ccc21. The van der Waals surface area contributed by atoms with Crippen molar-refractivity contribution in [3.8, 4) is 5.75 Å². The summed E-state index contributed by atoms with van der Waals surface area (Å²) in [5.74, 6) is 0.482. The van der Waals surface area contributed by atoms with Crippen molar-refractivity contribution in [1.82, 2.24) is 0 Å². The summed E-state index contributed by atoms with van der Waals surface area (Å²) in [7, 11) is 1.65. The summed E-state index contributed by atoms with van der Waals surface area (Å²) in [5.41, 5.74) is 1.90. The number of β-lactam (4-membered cyclic amide) rings is 1. The van der Waals surface area contributed by atoms with Crippen LogP contribution in [0.2, 0.25) is 0 Å². The fourth-order valence-corrected chi connectivity index (χ4v) is 6.76. The second-order valence-corrected chi connectivity index (χ2v) is 10.9. The normalized spacial score (nSPS) is 27.0. The fraction of sp³-hybridized carbons (Fsp3) is 0.467. The molecule has 2 saturated heterocycles. The first-order valence-corrected chi connectivity index (χ1v) is 13.0. The van der Waals surface area contributed by atoms with Crippen LogP contribution in [0.15, 0.2) is 55.1 Å². The lowest BCUT2D eigenvalue weighted by Gasteiger charge is -2.38. The van der Waals surface area contributed by atoms with Crippen molar-refractivity contribution in [3.05, 3.63) is 66.2 Å². The van der Waals surface area contributed by atoms with E-state index in [2.05, 4.69) is 39.5 Å². The van der Waals surface area contributed by atoms with Crippen LogP contribution < -0.4 is 14.5 Å². The number of nitrogens with zero attached hydrogens (tertiary/aromatic N) is 2. The number of fused-ring (bicyclic) bond motifs is 2. The number of carbonyl (C=O) groups is 2. The van der Waals surface area contributed by atoms with Crippen molar-refractivity contribution in [2.24, 2.45) is 11.8 Å². The van der Waals surface area contributed by atoms with Crippen LogP contribution in [-0.4, -0.2) is 49.8 Å². The van der Waals surface area contributed by atoms with E-state index in [1.54, 1.807) is 23.0 Å². The molecule has 2 fully saturated rings. The minimum Gasteiger partial charge on any atom is -0.497 e. The van der Waals surface area contributed by atoms with E-state index in [0.29, 0.717) is 25.9 Å². The number of hydrogen-bond donors (Lipinski definition) is 1. The summed E-state index contributed by atoms with van der Waals surface area (Å²) in [6, 6.07) is 13.8. The van der Waals surface area contributed by atoms with Gasteiger partial charge in [0.05, 0.1) is 18.9 Å². The Balaban J connectivity index is 1.63. The van der Waals surface area contributed by atoms with Gasteiger partial charge in [0, 0.05) is 49.2 Å². The summed E-state index contributed by atoms with van der Waals surface area (Å²) < 4.78 is 12.2. The van der Waals surface area contributed by atoms with Crippen LogP contribution in [0.1, 0.15) is 44.7 Å². The molecule has 0 bridgehead atoms. The van der Waals surface area contributed by atoms with Gasteiger partial charge in [0.15, 0.2) is 5.60 Å². The van der Waals surface area contributed by atoms with E-state index in [1.807, 2.05) is 30.3 Å². The van der Waals surface area contributed by atoms with E-state index >= 15 is 0 Å². The predicted octanol–water partition coefficient (Wildman–Crippen LogP) is 4.17. The Morgan fingerprint density at radius 1 is 1.22 bits per heavy atom. The minimum atomic E-state index is -1.21. The monoisotopic (exact) mass is 504 g/mol. The first-order valence-electron chi connectivity index (χ1n) is 13.0. The third-order valence-electron chi connectivity index (χ3n) is 8.71. The molecule has 0 aromatic heterocycles. The van der Waals surface area contributed by atoms with E-state index in [1.165, 1.54) is 0 Å². The zero-order chi connectivity index (χ0) is 26.5. The largest absolute Gasteiger partial charge is 0.497 e. The van der Waals surface area contributed by atoms with Gasteiger partial charge in [-0.05, 0) is 47.7 Å². The first kappa shape index (κ1) is 25.5. The van der Waals surface area contributed by atoms with Gasteiger partial charge in [0.25, 0.3) is 5.91 Å². The highest BCUT2D eigenvalue weighted by atomic mass is 16.5. The average Bonchev–Trinajstić information content (AvgIpc) is 3.30. The lowest BCUT2D eigenvalue weighted by Crippen LogP contribution is -2.46. The van der Waals surface area contributed by atoms with Crippen LogP contribution in [-0.2, 0) is 25.3 Å². The number of ether oxygens (including phenoxy) is 2. The molecule has 1 spiro atoms. The summed E-state index contributed by atoms with van der Waals surface area (Å²) in [5, 5.41) is 10.0. The number of anilines is 2. The smallest absolute Gasteiger partial charge is 0.264 e. The average molecular weight is 505 g/mol. The maximum atomic E-state index is 14.3. The molecule has 196 valence electrons. The molecular formula is C30H36N2O5.